The summed E-state index contributed by atoms with van der Waals surface area (Å²) in [5.74, 6) is 0.894. The number of ether oxygens (including phenoxy) is 1. The van der Waals surface area contributed by atoms with Crippen LogP contribution in [0.3, 0.4) is 0 Å². The second-order valence-electron chi connectivity index (χ2n) is 3.89. The summed E-state index contributed by atoms with van der Waals surface area (Å²) in [5, 5.41) is 3.95. The standard InChI is InChI=1S/C12H9ClN6O/c1-8-4-2-3-5-9(8)20-12-17-10(13)16-11(18-12)19-7-14-6-15-19/h2-7H,1H3. The second-order valence-corrected chi connectivity index (χ2v) is 4.23. The topological polar surface area (TPSA) is 78.6 Å². The van der Waals surface area contributed by atoms with Crippen molar-refractivity contribution in [3.05, 3.63) is 47.8 Å². The minimum absolute atomic E-state index is 0.0223. The van der Waals surface area contributed by atoms with Crippen molar-refractivity contribution >= 4 is 11.6 Å². The molecule has 0 N–H and O–H groups in total. The SMILES string of the molecule is Cc1ccccc1Oc1nc(Cl)nc(-n2cncn2)n1. The fourth-order valence-electron chi connectivity index (χ4n) is 1.55. The number of nitrogens with zero attached hydrogens (tertiary/aromatic N) is 6. The molecule has 0 amide bonds. The lowest BCUT2D eigenvalue weighted by Crippen LogP contribution is -2.05. The molecule has 8 heteroatoms. The molecule has 0 radical (unpaired) electrons. The Morgan fingerprint density at radius 1 is 1.15 bits per heavy atom. The van der Waals surface area contributed by atoms with Crippen molar-refractivity contribution in [3.63, 3.8) is 0 Å². The van der Waals surface area contributed by atoms with Gasteiger partial charge in [0.1, 0.15) is 18.4 Å². The Morgan fingerprint density at radius 3 is 2.75 bits per heavy atom. The molecule has 0 bridgehead atoms. The van der Waals surface area contributed by atoms with Crippen LogP contribution in [0.25, 0.3) is 5.95 Å². The van der Waals surface area contributed by atoms with E-state index in [4.69, 9.17) is 16.3 Å². The minimum Gasteiger partial charge on any atom is -0.424 e. The number of hydrogen-bond donors (Lipinski definition) is 0. The van der Waals surface area contributed by atoms with Gasteiger partial charge in [-0.05, 0) is 30.2 Å². The number of halogens is 1. The highest BCUT2D eigenvalue weighted by atomic mass is 35.5. The first-order valence-corrected chi connectivity index (χ1v) is 6.10. The van der Waals surface area contributed by atoms with Crippen molar-refractivity contribution in [3.8, 4) is 17.7 Å². The Kier molecular flexibility index (Phi) is 3.26. The van der Waals surface area contributed by atoms with Crippen molar-refractivity contribution in [1.29, 1.82) is 0 Å². The zero-order valence-electron chi connectivity index (χ0n) is 10.4. The van der Waals surface area contributed by atoms with E-state index in [2.05, 4.69) is 25.0 Å². The van der Waals surface area contributed by atoms with Crippen LogP contribution in [-0.4, -0.2) is 29.7 Å². The van der Waals surface area contributed by atoms with Gasteiger partial charge in [0.15, 0.2) is 0 Å². The Balaban J connectivity index is 1.97. The van der Waals surface area contributed by atoms with Crippen LogP contribution in [0.4, 0.5) is 0 Å². The Morgan fingerprint density at radius 2 is 2.00 bits per heavy atom. The third-order valence-corrected chi connectivity index (χ3v) is 2.66. The summed E-state index contributed by atoms with van der Waals surface area (Å²) in [6.07, 6.45) is 2.84. The molecule has 0 saturated carbocycles. The smallest absolute Gasteiger partial charge is 0.328 e. The summed E-state index contributed by atoms with van der Waals surface area (Å²) in [6, 6.07) is 7.63. The molecule has 3 rings (SSSR count). The molecule has 7 nitrogen and oxygen atoms in total. The van der Waals surface area contributed by atoms with Gasteiger partial charge in [0, 0.05) is 0 Å². The third kappa shape index (κ3) is 2.57. The number of aromatic nitrogens is 6. The number of benzene rings is 1. The van der Waals surface area contributed by atoms with E-state index in [1.165, 1.54) is 17.3 Å². The minimum atomic E-state index is 0.0223. The molecule has 0 atom stereocenters. The highest BCUT2D eigenvalue weighted by molar-refractivity contribution is 6.28. The normalized spacial score (nSPS) is 10.5. The molecular weight excluding hydrogens is 280 g/mol. The molecule has 0 saturated heterocycles. The molecule has 3 aromatic rings. The molecule has 0 spiro atoms. The number of hydrogen-bond acceptors (Lipinski definition) is 6. The lowest BCUT2D eigenvalue weighted by Gasteiger charge is -2.07. The fourth-order valence-corrected chi connectivity index (χ4v) is 1.70. The van der Waals surface area contributed by atoms with E-state index in [9.17, 15) is 0 Å². The molecule has 1 aromatic carbocycles. The Labute approximate surface area is 119 Å². The van der Waals surface area contributed by atoms with E-state index in [-0.39, 0.29) is 17.2 Å². The highest BCUT2D eigenvalue weighted by Crippen LogP contribution is 2.22. The summed E-state index contributed by atoms with van der Waals surface area (Å²) >= 11 is 5.87. The molecule has 0 unspecified atom stereocenters. The number of para-hydroxylation sites is 1. The van der Waals surface area contributed by atoms with Gasteiger partial charge in [-0.3, -0.25) is 0 Å². The second kappa shape index (κ2) is 5.22. The quantitative estimate of drug-likeness (QED) is 0.735. The summed E-state index contributed by atoms with van der Waals surface area (Å²) < 4.78 is 6.99. The van der Waals surface area contributed by atoms with E-state index in [1.807, 2.05) is 31.2 Å². The maximum absolute atomic E-state index is 5.87. The van der Waals surface area contributed by atoms with Crippen LogP contribution in [0.5, 0.6) is 11.8 Å². The lowest BCUT2D eigenvalue weighted by molar-refractivity contribution is 0.434. The van der Waals surface area contributed by atoms with Gasteiger partial charge in [-0.1, -0.05) is 18.2 Å². The van der Waals surface area contributed by atoms with Gasteiger partial charge >= 0.3 is 6.01 Å². The summed E-state index contributed by atoms with van der Waals surface area (Å²) in [7, 11) is 0. The van der Waals surface area contributed by atoms with Gasteiger partial charge in [0.05, 0.1) is 0 Å². The van der Waals surface area contributed by atoms with Crippen molar-refractivity contribution in [2.45, 2.75) is 6.92 Å². The lowest BCUT2D eigenvalue weighted by atomic mass is 10.2. The predicted octanol–water partition coefficient (Wildman–Crippen LogP) is 2.21. The summed E-state index contributed by atoms with van der Waals surface area (Å²) in [6.45, 7) is 1.93. The fraction of sp³-hybridized carbons (Fsp3) is 0.0833. The van der Waals surface area contributed by atoms with E-state index in [0.29, 0.717) is 5.75 Å². The van der Waals surface area contributed by atoms with Gasteiger partial charge in [-0.2, -0.15) is 24.7 Å². The van der Waals surface area contributed by atoms with Gasteiger partial charge < -0.3 is 4.74 Å². The maximum Gasteiger partial charge on any atom is 0.328 e. The van der Waals surface area contributed by atoms with Crippen LogP contribution in [-0.2, 0) is 0 Å². The first-order chi connectivity index (χ1) is 9.72. The van der Waals surface area contributed by atoms with E-state index >= 15 is 0 Å². The van der Waals surface area contributed by atoms with Crippen LogP contribution in [0.1, 0.15) is 5.56 Å². The average Bonchev–Trinajstić information content (AvgIpc) is 2.95. The monoisotopic (exact) mass is 288 g/mol. The predicted molar refractivity (Wildman–Crippen MR) is 71.0 cm³/mol. The molecule has 2 aromatic heterocycles. The van der Waals surface area contributed by atoms with E-state index in [1.54, 1.807) is 0 Å². The molecular formula is C12H9ClN6O. The van der Waals surface area contributed by atoms with Gasteiger partial charge in [0.2, 0.25) is 5.28 Å². The highest BCUT2D eigenvalue weighted by Gasteiger charge is 2.10. The molecule has 0 aliphatic rings. The summed E-state index contributed by atoms with van der Waals surface area (Å²) in [5.41, 5.74) is 0.964. The van der Waals surface area contributed by atoms with Gasteiger partial charge in [0.25, 0.3) is 5.95 Å². The van der Waals surface area contributed by atoms with E-state index < -0.39 is 0 Å². The van der Waals surface area contributed by atoms with Gasteiger partial charge in [-0.25, -0.2) is 4.98 Å². The largest absolute Gasteiger partial charge is 0.424 e. The average molecular weight is 289 g/mol. The van der Waals surface area contributed by atoms with Crippen molar-refractivity contribution in [2.24, 2.45) is 0 Å². The van der Waals surface area contributed by atoms with Crippen LogP contribution in [0.15, 0.2) is 36.9 Å². The van der Waals surface area contributed by atoms with Crippen molar-refractivity contribution in [2.75, 3.05) is 0 Å². The Bertz CT molecular complexity index is 731. The number of rotatable bonds is 3. The van der Waals surface area contributed by atoms with Crippen LogP contribution >= 0.6 is 11.6 Å². The van der Waals surface area contributed by atoms with Crippen molar-refractivity contribution < 1.29 is 4.74 Å². The molecule has 2 heterocycles. The maximum atomic E-state index is 5.87. The van der Waals surface area contributed by atoms with Crippen LogP contribution in [0.2, 0.25) is 5.28 Å². The van der Waals surface area contributed by atoms with E-state index in [0.717, 1.165) is 5.56 Å². The Hall–Kier alpha value is -2.54. The molecule has 100 valence electrons. The van der Waals surface area contributed by atoms with Crippen LogP contribution in [0, 0.1) is 6.92 Å². The first-order valence-electron chi connectivity index (χ1n) is 5.72. The summed E-state index contributed by atoms with van der Waals surface area (Å²) in [4.78, 5) is 15.9. The molecule has 0 fully saturated rings. The van der Waals surface area contributed by atoms with Crippen molar-refractivity contribution in [1.82, 2.24) is 29.7 Å². The zero-order chi connectivity index (χ0) is 13.9. The first kappa shape index (κ1) is 12.5. The molecule has 0 aliphatic heterocycles. The zero-order valence-corrected chi connectivity index (χ0v) is 11.2. The molecule has 20 heavy (non-hydrogen) atoms. The molecule has 0 aliphatic carbocycles. The van der Waals surface area contributed by atoms with Gasteiger partial charge in [-0.15, -0.1) is 0 Å². The van der Waals surface area contributed by atoms with Crippen LogP contribution < -0.4 is 4.74 Å². The number of aryl methyl sites for hydroxylation is 1. The third-order valence-electron chi connectivity index (χ3n) is 2.49.